The average molecular weight is 439 g/mol. The molecular formula is C23H26N4O3S. The summed E-state index contributed by atoms with van der Waals surface area (Å²) in [6.07, 6.45) is 1.44. The zero-order chi connectivity index (χ0) is 21.4. The second kappa shape index (κ2) is 8.00. The van der Waals surface area contributed by atoms with Crippen molar-refractivity contribution in [3.63, 3.8) is 0 Å². The number of fused-ring (bicyclic) bond motifs is 1. The molecule has 0 aliphatic carbocycles. The Kier molecular flexibility index (Phi) is 5.17. The van der Waals surface area contributed by atoms with Crippen LogP contribution in [0.4, 0.5) is 5.69 Å². The highest BCUT2D eigenvalue weighted by atomic mass is 32.2. The summed E-state index contributed by atoms with van der Waals surface area (Å²) in [6.45, 7) is 4.46. The Morgan fingerprint density at radius 1 is 0.806 bits per heavy atom. The van der Waals surface area contributed by atoms with E-state index < -0.39 is 10.0 Å². The minimum Gasteiger partial charge on any atom is -0.368 e. The molecule has 3 aliphatic heterocycles. The molecule has 3 heterocycles. The van der Waals surface area contributed by atoms with E-state index in [1.807, 2.05) is 40.1 Å². The molecule has 8 heteroatoms. The third-order valence-corrected chi connectivity index (χ3v) is 7.79. The second-order valence-corrected chi connectivity index (χ2v) is 9.87. The van der Waals surface area contributed by atoms with Crippen molar-refractivity contribution >= 4 is 27.5 Å². The monoisotopic (exact) mass is 438 g/mol. The number of likely N-dealkylation sites (tertiary alicyclic amines) is 1. The lowest BCUT2D eigenvalue weighted by Gasteiger charge is -2.39. The minimum atomic E-state index is -3.61. The third kappa shape index (κ3) is 3.80. The molecule has 0 spiro atoms. The topological polar surface area (TPSA) is 73.3 Å². The largest absolute Gasteiger partial charge is 0.368 e. The average Bonchev–Trinajstić information content (AvgIpc) is 3.10. The van der Waals surface area contributed by atoms with E-state index in [9.17, 15) is 13.2 Å². The molecular weight excluding hydrogens is 412 g/mol. The van der Waals surface area contributed by atoms with Crippen molar-refractivity contribution in [2.75, 3.05) is 44.2 Å². The summed E-state index contributed by atoms with van der Waals surface area (Å²) in [5, 5.41) is 0. The summed E-state index contributed by atoms with van der Waals surface area (Å²) in [6, 6.07) is 17.3. The molecule has 2 saturated heterocycles. The van der Waals surface area contributed by atoms with E-state index in [1.54, 1.807) is 12.1 Å². The molecule has 3 aliphatic rings. The van der Waals surface area contributed by atoms with E-state index >= 15 is 0 Å². The highest BCUT2D eigenvalue weighted by molar-refractivity contribution is 7.90. The van der Waals surface area contributed by atoms with E-state index in [4.69, 9.17) is 0 Å². The first-order valence-corrected chi connectivity index (χ1v) is 12.2. The molecule has 2 aromatic carbocycles. The zero-order valence-corrected chi connectivity index (χ0v) is 18.2. The van der Waals surface area contributed by atoms with Crippen LogP contribution < -0.4 is 4.90 Å². The summed E-state index contributed by atoms with van der Waals surface area (Å²) in [7, 11) is -3.61. The maximum absolute atomic E-state index is 13.1. The number of amides is 1. The van der Waals surface area contributed by atoms with Crippen LogP contribution in [0.5, 0.6) is 0 Å². The number of carbonyl (C=O) groups is 1. The Hall–Kier alpha value is -2.87. The van der Waals surface area contributed by atoms with Crippen LogP contribution in [-0.2, 0) is 14.8 Å². The Balaban J connectivity index is 1.19. The number of nitrogens with zero attached hydrogens (tertiary/aromatic N) is 4. The molecule has 1 amide bonds. The maximum atomic E-state index is 13.1. The predicted molar refractivity (Wildman–Crippen MR) is 120 cm³/mol. The molecule has 31 heavy (non-hydrogen) atoms. The molecule has 7 nitrogen and oxygen atoms in total. The fraction of sp³-hybridized carbons (Fsp3) is 0.391. The first-order valence-electron chi connectivity index (χ1n) is 10.8. The van der Waals surface area contributed by atoms with Gasteiger partial charge in [-0.25, -0.2) is 0 Å². The fourth-order valence-electron chi connectivity index (χ4n) is 4.74. The van der Waals surface area contributed by atoms with Gasteiger partial charge in [-0.15, -0.1) is 4.40 Å². The Morgan fingerprint density at radius 3 is 2.16 bits per heavy atom. The predicted octanol–water partition coefficient (Wildman–Crippen LogP) is 2.20. The highest BCUT2D eigenvalue weighted by Crippen LogP contribution is 2.30. The van der Waals surface area contributed by atoms with Gasteiger partial charge < -0.3 is 14.7 Å². The molecule has 0 bridgehead atoms. The van der Waals surface area contributed by atoms with Crippen LogP contribution in [0.1, 0.15) is 18.4 Å². The molecule has 2 aromatic rings. The van der Waals surface area contributed by atoms with Gasteiger partial charge >= 0.3 is 0 Å². The standard InChI is InChI=1S/C23H26N4O3S/c28-23(27-16-14-25(15-17-27)19-6-2-1-3-7-19)18-10-12-26(13-11-18)22-20-8-4-5-9-21(20)31(29,30)24-22/h1-9,18H,10-17H2. The summed E-state index contributed by atoms with van der Waals surface area (Å²) < 4.78 is 28.7. The summed E-state index contributed by atoms with van der Waals surface area (Å²) >= 11 is 0. The Morgan fingerprint density at radius 2 is 1.45 bits per heavy atom. The maximum Gasteiger partial charge on any atom is 0.285 e. The first kappa shape index (κ1) is 20.1. The highest BCUT2D eigenvalue weighted by Gasteiger charge is 2.35. The number of para-hydroxylation sites is 1. The number of anilines is 1. The van der Waals surface area contributed by atoms with E-state index in [0.29, 0.717) is 24.5 Å². The van der Waals surface area contributed by atoms with Crippen LogP contribution in [0.25, 0.3) is 0 Å². The van der Waals surface area contributed by atoms with E-state index in [0.717, 1.165) is 39.0 Å². The Bertz CT molecular complexity index is 1100. The molecule has 0 N–H and O–H groups in total. The van der Waals surface area contributed by atoms with Crippen LogP contribution in [0, 0.1) is 5.92 Å². The lowest BCUT2D eigenvalue weighted by atomic mass is 9.94. The molecule has 0 atom stereocenters. The van der Waals surface area contributed by atoms with E-state index in [2.05, 4.69) is 21.4 Å². The number of sulfonamides is 1. The van der Waals surface area contributed by atoms with Crippen molar-refractivity contribution in [1.29, 1.82) is 0 Å². The van der Waals surface area contributed by atoms with E-state index in [-0.39, 0.29) is 16.7 Å². The Labute approximate surface area is 183 Å². The number of benzene rings is 2. The van der Waals surface area contributed by atoms with Crippen molar-refractivity contribution in [3.8, 4) is 0 Å². The summed E-state index contributed by atoms with van der Waals surface area (Å²) in [5.41, 5.74) is 1.87. The van der Waals surface area contributed by atoms with Crippen LogP contribution in [0.2, 0.25) is 0 Å². The first-order chi connectivity index (χ1) is 15.0. The molecule has 0 aromatic heterocycles. The van der Waals surface area contributed by atoms with Gasteiger partial charge in [-0.3, -0.25) is 4.79 Å². The van der Waals surface area contributed by atoms with Gasteiger partial charge in [0.1, 0.15) is 4.90 Å². The van der Waals surface area contributed by atoms with Crippen molar-refractivity contribution in [3.05, 3.63) is 60.2 Å². The van der Waals surface area contributed by atoms with Gasteiger partial charge in [0, 0.05) is 56.4 Å². The van der Waals surface area contributed by atoms with Crippen molar-refractivity contribution in [2.24, 2.45) is 10.3 Å². The molecule has 0 unspecified atom stereocenters. The van der Waals surface area contributed by atoms with Gasteiger partial charge in [-0.1, -0.05) is 30.3 Å². The van der Waals surface area contributed by atoms with Gasteiger partial charge in [0.2, 0.25) is 5.91 Å². The number of piperazine rings is 1. The lowest BCUT2D eigenvalue weighted by molar-refractivity contribution is -0.137. The number of carbonyl (C=O) groups excluding carboxylic acids is 1. The normalized spacial score (nSPS) is 21.0. The van der Waals surface area contributed by atoms with Gasteiger partial charge in [-0.05, 0) is 37.1 Å². The van der Waals surface area contributed by atoms with Crippen LogP contribution in [-0.4, -0.2) is 69.2 Å². The molecule has 162 valence electrons. The van der Waals surface area contributed by atoms with Crippen molar-refractivity contribution < 1.29 is 13.2 Å². The van der Waals surface area contributed by atoms with Crippen LogP contribution in [0.15, 0.2) is 63.9 Å². The van der Waals surface area contributed by atoms with Crippen molar-refractivity contribution in [1.82, 2.24) is 9.80 Å². The summed E-state index contributed by atoms with van der Waals surface area (Å²) in [4.78, 5) is 19.7. The molecule has 5 rings (SSSR count). The number of piperidine rings is 1. The van der Waals surface area contributed by atoms with Gasteiger partial charge in [0.15, 0.2) is 5.84 Å². The summed E-state index contributed by atoms with van der Waals surface area (Å²) in [5.74, 6) is 0.750. The fourth-order valence-corrected chi connectivity index (χ4v) is 5.96. The smallest absolute Gasteiger partial charge is 0.285 e. The number of amidine groups is 1. The lowest BCUT2D eigenvalue weighted by Crippen LogP contribution is -2.52. The second-order valence-electron chi connectivity index (χ2n) is 8.30. The van der Waals surface area contributed by atoms with Gasteiger partial charge in [-0.2, -0.15) is 8.42 Å². The van der Waals surface area contributed by atoms with Crippen molar-refractivity contribution in [2.45, 2.75) is 17.7 Å². The molecule has 2 fully saturated rings. The SMILES string of the molecule is O=C(C1CCN(C2=NS(=O)(=O)c3ccccc32)CC1)N1CCN(c2ccccc2)CC1. The van der Waals surface area contributed by atoms with Gasteiger partial charge in [0.25, 0.3) is 10.0 Å². The minimum absolute atomic E-state index is 0.00613. The quantitative estimate of drug-likeness (QED) is 0.719. The van der Waals surface area contributed by atoms with Crippen LogP contribution >= 0.6 is 0 Å². The number of rotatable bonds is 2. The molecule has 0 saturated carbocycles. The van der Waals surface area contributed by atoms with Crippen LogP contribution in [0.3, 0.4) is 0 Å². The third-order valence-electron chi connectivity index (χ3n) is 6.47. The number of hydrogen-bond acceptors (Lipinski definition) is 5. The van der Waals surface area contributed by atoms with E-state index in [1.165, 1.54) is 5.69 Å². The molecule has 0 radical (unpaired) electrons. The van der Waals surface area contributed by atoms with Gasteiger partial charge in [0.05, 0.1) is 0 Å². The number of hydrogen-bond donors (Lipinski definition) is 0. The zero-order valence-electron chi connectivity index (χ0n) is 17.4.